The highest BCUT2D eigenvalue weighted by atomic mass is 79.9. The maximum atomic E-state index is 10.8. The lowest BCUT2D eigenvalue weighted by atomic mass is 10.0. The molecule has 0 amide bonds. The zero-order valence-corrected chi connectivity index (χ0v) is 50.9. The van der Waals surface area contributed by atoms with Crippen LogP contribution >= 0.6 is 78.4 Å². The second kappa shape index (κ2) is 38.3. The summed E-state index contributed by atoms with van der Waals surface area (Å²) in [5.41, 5.74) is 2.46. The number of ether oxygens (including phenoxy) is 4. The van der Waals surface area contributed by atoms with Gasteiger partial charge in [-0.3, -0.25) is 14.4 Å². The number of rotatable bonds is 22. The molecule has 0 saturated heterocycles. The fraction of sp³-hybridized carbons (Fsp3) is 0.271. The first-order valence-corrected chi connectivity index (χ1v) is 28.2. The molecule has 0 spiro atoms. The van der Waals surface area contributed by atoms with Gasteiger partial charge in [-0.25, -0.2) is 19.2 Å². The SMILES string of the molecule is CC(Cc1ccc(Br)cc1)C(=O)O.CC(Oc1ccc(Br)cc1C=O)C(=O)O.CC(Sc1ccc(Cl)cc1)C(=O)O.C[C@H](OCc1ccc(Cl)cc1)C(=O)O.O=C(O)C1(Oc2ccc(Cl)cc2)CC1.O=C(O)COCCc1ccccc1. The number of aldehydes is 1. The van der Waals surface area contributed by atoms with Crippen molar-refractivity contribution in [1.82, 2.24) is 0 Å². The van der Waals surface area contributed by atoms with Crippen molar-refractivity contribution in [2.75, 3.05) is 13.2 Å². The van der Waals surface area contributed by atoms with Crippen LogP contribution < -0.4 is 9.47 Å². The lowest BCUT2D eigenvalue weighted by molar-refractivity contribution is -0.150. The molecule has 0 aromatic heterocycles. The van der Waals surface area contributed by atoms with Crippen molar-refractivity contribution in [3.63, 3.8) is 0 Å². The third kappa shape index (κ3) is 30.5. The van der Waals surface area contributed by atoms with Crippen LogP contribution in [0.3, 0.4) is 0 Å². The molecule has 1 fully saturated rings. The summed E-state index contributed by atoms with van der Waals surface area (Å²) in [6.07, 6.45) is 1.34. The number of hydrogen-bond donors (Lipinski definition) is 6. The zero-order chi connectivity index (χ0) is 61.4. The lowest BCUT2D eigenvalue weighted by Gasteiger charge is -2.12. The molecule has 0 radical (unpaired) electrons. The molecule has 1 saturated carbocycles. The molecule has 3 unspecified atom stereocenters. The summed E-state index contributed by atoms with van der Waals surface area (Å²) in [5.74, 6) is -4.91. The first-order chi connectivity index (χ1) is 38.7. The van der Waals surface area contributed by atoms with E-state index in [2.05, 4.69) is 31.9 Å². The predicted molar refractivity (Wildman–Crippen MR) is 320 cm³/mol. The molecule has 23 heteroatoms. The van der Waals surface area contributed by atoms with Crippen LogP contribution in [0.2, 0.25) is 15.1 Å². The fourth-order valence-corrected chi connectivity index (χ4v) is 7.68. The Morgan fingerprint density at radius 2 is 1.12 bits per heavy atom. The summed E-state index contributed by atoms with van der Waals surface area (Å²) in [4.78, 5) is 74.5. The summed E-state index contributed by atoms with van der Waals surface area (Å²) in [6, 6.07) is 43.2. The zero-order valence-electron chi connectivity index (χ0n) is 44.7. The van der Waals surface area contributed by atoms with Crippen LogP contribution in [0.15, 0.2) is 159 Å². The second-order valence-corrected chi connectivity index (χ2v) is 22.0. The third-order valence-electron chi connectivity index (χ3n) is 10.7. The maximum Gasteiger partial charge on any atom is 0.348 e. The van der Waals surface area contributed by atoms with Gasteiger partial charge in [0.25, 0.3) is 0 Å². The molecule has 0 aliphatic heterocycles. The number of benzene rings is 6. The predicted octanol–water partition coefficient (Wildman–Crippen LogP) is 13.7. The molecule has 17 nitrogen and oxygen atoms in total. The summed E-state index contributed by atoms with van der Waals surface area (Å²) < 4.78 is 22.2. The number of carbonyl (C=O) groups is 7. The Labute approximate surface area is 510 Å². The number of carboxylic acids is 6. The Kier molecular flexibility index (Phi) is 33.5. The first-order valence-electron chi connectivity index (χ1n) is 24.6. The van der Waals surface area contributed by atoms with Crippen molar-refractivity contribution in [1.29, 1.82) is 0 Å². The molecule has 82 heavy (non-hydrogen) atoms. The van der Waals surface area contributed by atoms with Crippen molar-refractivity contribution >= 4 is 121 Å². The first kappa shape index (κ1) is 71.6. The standard InChI is InChI=1S/C10H9BrO4.C10H11BrO2.C10H9ClO3.C10H11ClO3.C10H12O3.C9H9ClO2S/c1-6(10(13)14)15-9-3-2-8(11)4-7(9)5-12;1-7(10(12)13)6-8-2-4-9(11)5-3-8;11-7-1-3-8(4-2-7)14-10(5-6-10)9(12)13;1-7(10(12)13)14-6-8-2-4-9(11)5-3-8;11-10(12)8-13-7-6-9-4-2-1-3-5-9;1-6(9(11)12)13-8-4-2-7(10)3-5-8/h2-6H,1H3,(H,13,14);2-5,7H,6H2,1H3,(H,12,13);1-4H,5-6H2,(H,12,13);2-5,7H,6H2,1H3,(H,12,13);1-5H,6-8H2,(H,11,12);2-6H,1H3,(H,11,12)/t;;;7-;;/m...0../s1. The van der Waals surface area contributed by atoms with Crippen molar-refractivity contribution in [3.05, 3.63) is 192 Å². The van der Waals surface area contributed by atoms with Gasteiger partial charge in [0, 0.05) is 41.8 Å². The van der Waals surface area contributed by atoms with Crippen LogP contribution in [0.5, 0.6) is 11.5 Å². The monoisotopic (exact) mass is 1340 g/mol. The van der Waals surface area contributed by atoms with Gasteiger partial charge in [-0.15, -0.1) is 11.8 Å². The van der Waals surface area contributed by atoms with E-state index in [1.807, 2.05) is 66.7 Å². The van der Waals surface area contributed by atoms with E-state index in [0.29, 0.717) is 58.5 Å². The van der Waals surface area contributed by atoms with E-state index >= 15 is 0 Å². The largest absolute Gasteiger partial charge is 0.481 e. The van der Waals surface area contributed by atoms with E-state index in [1.54, 1.807) is 92.7 Å². The summed E-state index contributed by atoms with van der Waals surface area (Å²) in [7, 11) is 0. The highest BCUT2D eigenvalue weighted by Gasteiger charge is 2.53. The second-order valence-electron chi connectivity index (χ2n) is 17.5. The summed E-state index contributed by atoms with van der Waals surface area (Å²) in [5, 5.41) is 53.2. The number of carbonyl (C=O) groups excluding carboxylic acids is 1. The van der Waals surface area contributed by atoms with E-state index in [1.165, 1.54) is 25.6 Å². The third-order valence-corrected chi connectivity index (χ3v) is 13.6. The van der Waals surface area contributed by atoms with Gasteiger partial charge in [0.05, 0.1) is 24.7 Å². The molecule has 7 rings (SSSR count). The molecule has 0 heterocycles. The minimum absolute atomic E-state index is 0.215. The fourth-order valence-electron chi connectivity index (χ4n) is 5.86. The van der Waals surface area contributed by atoms with Crippen LogP contribution in [0.1, 0.15) is 67.6 Å². The minimum Gasteiger partial charge on any atom is -0.481 e. The maximum absolute atomic E-state index is 10.8. The smallest absolute Gasteiger partial charge is 0.348 e. The highest BCUT2D eigenvalue weighted by Crippen LogP contribution is 2.40. The van der Waals surface area contributed by atoms with Gasteiger partial charge >= 0.3 is 35.8 Å². The van der Waals surface area contributed by atoms with Crippen LogP contribution in [0.4, 0.5) is 0 Å². The van der Waals surface area contributed by atoms with Gasteiger partial charge in [-0.05, 0) is 141 Å². The molecular formula is C59H61Br2Cl3O17S. The Balaban J connectivity index is 0.000000336. The quantitative estimate of drug-likeness (QED) is 0.0209. The summed E-state index contributed by atoms with van der Waals surface area (Å²) >= 11 is 24.9. The Morgan fingerprint density at radius 3 is 1.60 bits per heavy atom. The average Bonchev–Trinajstić information content (AvgIpc) is 4.44. The Morgan fingerprint density at radius 1 is 0.610 bits per heavy atom. The highest BCUT2D eigenvalue weighted by molar-refractivity contribution is 9.10. The Bertz CT molecular complexity index is 2870. The van der Waals surface area contributed by atoms with Gasteiger partial charge in [-0.2, -0.15) is 0 Å². The molecular weight excluding hydrogens is 1280 g/mol. The number of thioether (sulfide) groups is 1. The molecule has 440 valence electrons. The van der Waals surface area contributed by atoms with Gasteiger partial charge in [0.2, 0.25) is 5.60 Å². The molecule has 1 aliphatic carbocycles. The van der Waals surface area contributed by atoms with Gasteiger partial charge in [0.1, 0.15) is 23.4 Å². The van der Waals surface area contributed by atoms with Crippen LogP contribution in [0.25, 0.3) is 0 Å². The molecule has 6 aromatic rings. The molecule has 4 atom stereocenters. The van der Waals surface area contributed by atoms with E-state index < -0.39 is 58.9 Å². The van der Waals surface area contributed by atoms with E-state index in [-0.39, 0.29) is 24.9 Å². The van der Waals surface area contributed by atoms with Crippen LogP contribution in [0, 0.1) is 5.92 Å². The summed E-state index contributed by atoms with van der Waals surface area (Å²) in [6.45, 7) is 6.79. The van der Waals surface area contributed by atoms with E-state index in [4.69, 9.17) is 84.4 Å². The van der Waals surface area contributed by atoms with E-state index in [9.17, 15) is 33.6 Å². The van der Waals surface area contributed by atoms with Crippen LogP contribution in [-0.2, 0) is 57.7 Å². The van der Waals surface area contributed by atoms with Gasteiger partial charge < -0.3 is 49.6 Å². The van der Waals surface area contributed by atoms with Crippen molar-refractivity contribution in [2.24, 2.45) is 5.92 Å². The lowest BCUT2D eigenvalue weighted by Crippen LogP contribution is -2.28. The number of halogens is 5. The van der Waals surface area contributed by atoms with Crippen molar-refractivity contribution < 1.29 is 83.1 Å². The molecule has 6 aromatic carbocycles. The topological polar surface area (TPSA) is 278 Å². The average molecular weight is 1340 g/mol. The Hall–Kier alpha value is -6.49. The number of hydrogen-bond acceptors (Lipinski definition) is 12. The molecule has 0 bridgehead atoms. The van der Waals surface area contributed by atoms with Gasteiger partial charge in [0.15, 0.2) is 18.5 Å². The normalized spacial score (nSPS) is 12.8. The van der Waals surface area contributed by atoms with Crippen molar-refractivity contribution in [2.45, 2.75) is 87.9 Å². The van der Waals surface area contributed by atoms with Crippen LogP contribution in [-0.4, -0.2) is 109 Å². The number of aliphatic carboxylic acids is 6. The van der Waals surface area contributed by atoms with Gasteiger partial charge in [-0.1, -0.05) is 128 Å². The number of carboxylic acid groups (broad SMARTS) is 6. The minimum atomic E-state index is -1.07. The van der Waals surface area contributed by atoms with Crippen molar-refractivity contribution in [3.8, 4) is 11.5 Å². The van der Waals surface area contributed by atoms with E-state index in [0.717, 1.165) is 37.0 Å². The molecule has 6 N–H and O–H groups in total. The molecule has 1 aliphatic rings.